The second-order valence-corrected chi connectivity index (χ2v) is 11.2. The lowest BCUT2D eigenvalue weighted by molar-refractivity contribution is -0.167. The van der Waals surface area contributed by atoms with Gasteiger partial charge in [-0.15, -0.1) is 0 Å². The van der Waals surface area contributed by atoms with Crippen LogP contribution in [0, 0.1) is 19.7 Å². The van der Waals surface area contributed by atoms with E-state index in [-0.39, 0.29) is 42.1 Å². The summed E-state index contributed by atoms with van der Waals surface area (Å²) >= 11 is 0. The smallest absolute Gasteiger partial charge is 0.411 e. The Morgan fingerprint density at radius 1 is 1.20 bits per heavy atom. The predicted molar refractivity (Wildman–Crippen MR) is 155 cm³/mol. The molecule has 240 valence electrons. The monoisotopic (exact) mass is 632 g/mol. The Bertz CT molecular complexity index is 1680. The SMILES string of the molecule is Cc1cn(C)c(=O)c(-c2ccc(C[C@H](NC(=O)c3c(C)cc(N4CCOC[C@@H]4C(F)(F)F)cc3F)C(=O)O)c3c2OCCC3)n1. The van der Waals surface area contributed by atoms with Crippen molar-refractivity contribution >= 4 is 17.6 Å². The zero-order valence-corrected chi connectivity index (χ0v) is 24.8. The van der Waals surface area contributed by atoms with Gasteiger partial charge in [0.1, 0.15) is 29.3 Å². The van der Waals surface area contributed by atoms with Crippen molar-refractivity contribution in [2.24, 2.45) is 7.05 Å². The summed E-state index contributed by atoms with van der Waals surface area (Å²) in [5.74, 6) is -3.06. The van der Waals surface area contributed by atoms with Crippen molar-refractivity contribution in [3.05, 3.63) is 74.6 Å². The second-order valence-electron chi connectivity index (χ2n) is 11.2. The lowest BCUT2D eigenvalue weighted by atomic mass is 9.91. The number of aliphatic carboxylic acids is 1. The first-order valence-electron chi connectivity index (χ1n) is 14.3. The average Bonchev–Trinajstić information content (AvgIpc) is 2.98. The van der Waals surface area contributed by atoms with Crippen molar-refractivity contribution in [1.29, 1.82) is 0 Å². The molecular weight excluding hydrogens is 600 g/mol. The highest BCUT2D eigenvalue weighted by molar-refractivity contribution is 5.98. The Hall–Kier alpha value is -4.46. The number of carboxylic acids is 1. The number of morpholine rings is 1. The molecule has 10 nitrogen and oxygen atoms in total. The Morgan fingerprint density at radius 2 is 1.96 bits per heavy atom. The van der Waals surface area contributed by atoms with Crippen molar-refractivity contribution < 1.29 is 41.7 Å². The molecule has 3 aromatic rings. The van der Waals surface area contributed by atoms with Crippen LogP contribution < -0.4 is 20.5 Å². The van der Waals surface area contributed by atoms with Crippen molar-refractivity contribution in [2.75, 3.05) is 31.3 Å². The van der Waals surface area contributed by atoms with Crippen LogP contribution in [0.1, 0.15) is 39.2 Å². The Labute approximate surface area is 255 Å². The zero-order chi connectivity index (χ0) is 32.6. The molecule has 0 aliphatic carbocycles. The summed E-state index contributed by atoms with van der Waals surface area (Å²) in [6.07, 6.45) is -2.02. The number of carbonyl (C=O) groups excluding carboxylic acids is 1. The molecule has 0 radical (unpaired) electrons. The number of hydrogen-bond donors (Lipinski definition) is 2. The van der Waals surface area contributed by atoms with Gasteiger partial charge in [-0.3, -0.25) is 9.59 Å². The molecule has 0 unspecified atom stereocenters. The molecule has 45 heavy (non-hydrogen) atoms. The summed E-state index contributed by atoms with van der Waals surface area (Å²) in [5.41, 5.74) is 1.71. The number of aryl methyl sites for hydroxylation is 3. The molecule has 2 atom stereocenters. The molecule has 2 aliphatic heterocycles. The van der Waals surface area contributed by atoms with Gasteiger partial charge in [-0.25, -0.2) is 14.2 Å². The third kappa shape index (κ3) is 6.51. The lowest BCUT2D eigenvalue weighted by Gasteiger charge is -2.38. The van der Waals surface area contributed by atoms with Crippen LogP contribution in [-0.2, 0) is 29.4 Å². The van der Waals surface area contributed by atoms with E-state index in [0.717, 1.165) is 11.0 Å². The highest BCUT2D eigenvalue weighted by Crippen LogP contribution is 2.37. The zero-order valence-electron chi connectivity index (χ0n) is 24.8. The van der Waals surface area contributed by atoms with Crippen molar-refractivity contribution in [3.63, 3.8) is 0 Å². The number of alkyl halides is 3. The number of ether oxygens (including phenoxy) is 2. The van der Waals surface area contributed by atoms with Crippen LogP contribution in [0.15, 0.2) is 35.3 Å². The normalized spacial score (nSPS) is 17.3. The molecule has 2 N–H and O–H groups in total. The summed E-state index contributed by atoms with van der Waals surface area (Å²) in [7, 11) is 1.61. The van der Waals surface area contributed by atoms with Gasteiger partial charge >= 0.3 is 12.1 Å². The van der Waals surface area contributed by atoms with Crippen LogP contribution in [0.5, 0.6) is 5.75 Å². The van der Waals surface area contributed by atoms with Crippen LogP contribution in [0.2, 0.25) is 0 Å². The van der Waals surface area contributed by atoms with Gasteiger partial charge in [0.2, 0.25) is 0 Å². The van der Waals surface area contributed by atoms with E-state index in [1.54, 1.807) is 32.3 Å². The number of anilines is 1. The molecule has 3 heterocycles. The van der Waals surface area contributed by atoms with E-state index >= 15 is 4.39 Å². The van der Waals surface area contributed by atoms with Crippen molar-refractivity contribution in [1.82, 2.24) is 14.9 Å². The summed E-state index contributed by atoms with van der Waals surface area (Å²) in [6.45, 7) is 2.79. The maximum Gasteiger partial charge on any atom is 0.411 e. The third-order valence-corrected chi connectivity index (χ3v) is 7.99. The lowest BCUT2D eigenvalue weighted by Crippen LogP contribution is -2.53. The highest BCUT2D eigenvalue weighted by Gasteiger charge is 2.45. The van der Waals surface area contributed by atoms with Crippen LogP contribution in [0.4, 0.5) is 23.2 Å². The Kier molecular flexibility index (Phi) is 8.88. The molecule has 0 saturated carbocycles. The Morgan fingerprint density at radius 3 is 2.64 bits per heavy atom. The number of halogens is 4. The van der Waals surface area contributed by atoms with E-state index in [1.807, 2.05) is 0 Å². The minimum Gasteiger partial charge on any atom is -0.493 e. The van der Waals surface area contributed by atoms with Crippen LogP contribution in [-0.4, -0.2) is 71.2 Å². The van der Waals surface area contributed by atoms with Gasteiger partial charge < -0.3 is 29.4 Å². The molecule has 1 fully saturated rings. The van der Waals surface area contributed by atoms with Gasteiger partial charge in [0.05, 0.1) is 31.1 Å². The number of benzene rings is 2. The van der Waals surface area contributed by atoms with E-state index in [4.69, 9.17) is 9.47 Å². The number of aromatic nitrogens is 2. The molecule has 14 heteroatoms. The number of amides is 1. The number of carboxylic acid groups (broad SMARTS) is 1. The first-order valence-corrected chi connectivity index (χ1v) is 14.3. The minimum absolute atomic E-state index is 0.0175. The van der Waals surface area contributed by atoms with Gasteiger partial charge in [-0.2, -0.15) is 13.2 Å². The predicted octanol–water partition coefficient (Wildman–Crippen LogP) is 3.72. The van der Waals surface area contributed by atoms with E-state index < -0.39 is 48.1 Å². The first kappa shape index (κ1) is 31.9. The number of carbonyl (C=O) groups is 2. The Balaban J connectivity index is 1.42. The maximum absolute atomic E-state index is 15.3. The fourth-order valence-corrected chi connectivity index (χ4v) is 5.86. The van der Waals surface area contributed by atoms with Gasteiger partial charge in [-0.1, -0.05) is 6.07 Å². The minimum atomic E-state index is -4.62. The first-order chi connectivity index (χ1) is 21.3. The third-order valence-electron chi connectivity index (χ3n) is 7.99. The van der Waals surface area contributed by atoms with Crippen LogP contribution in [0.25, 0.3) is 11.3 Å². The van der Waals surface area contributed by atoms with Gasteiger partial charge in [0, 0.05) is 37.5 Å². The average molecular weight is 633 g/mol. The molecule has 1 saturated heterocycles. The quantitative estimate of drug-likeness (QED) is 0.378. The second kappa shape index (κ2) is 12.5. The molecule has 5 rings (SSSR count). The standard InChI is InChI=1S/C31H32F4N4O6/c1-16-11-19(39-8-10-44-15-24(39)31(33,34)35)13-22(32)25(16)28(40)37-23(30(42)43)12-18-6-7-21(27-20(18)5-4-9-45-27)26-29(41)38(3)14-17(2)36-26/h6-7,11,13-14,23-24H,4-5,8-10,12,15H2,1-3H3,(H,37,40)(H,42,43)/t23-,24+/m0/s1. The van der Waals surface area contributed by atoms with Gasteiger partial charge in [0.25, 0.3) is 11.5 Å². The highest BCUT2D eigenvalue weighted by atomic mass is 19.4. The molecule has 0 bridgehead atoms. The van der Waals surface area contributed by atoms with Crippen LogP contribution in [0.3, 0.4) is 0 Å². The number of hydrogen-bond acceptors (Lipinski definition) is 7. The van der Waals surface area contributed by atoms with E-state index in [1.165, 1.54) is 17.6 Å². The topological polar surface area (TPSA) is 123 Å². The fraction of sp³-hybridized carbons (Fsp3) is 0.419. The summed E-state index contributed by atoms with van der Waals surface area (Å²) in [4.78, 5) is 43.8. The summed E-state index contributed by atoms with van der Waals surface area (Å²) < 4.78 is 68.4. The molecular formula is C31H32F4N4O6. The largest absolute Gasteiger partial charge is 0.493 e. The van der Waals surface area contributed by atoms with Gasteiger partial charge in [-0.05, 0) is 61.6 Å². The molecule has 1 amide bonds. The van der Waals surface area contributed by atoms with E-state index in [2.05, 4.69) is 10.3 Å². The van der Waals surface area contributed by atoms with Crippen molar-refractivity contribution in [2.45, 2.75) is 51.4 Å². The molecule has 2 aliphatic rings. The van der Waals surface area contributed by atoms with Gasteiger partial charge in [0.15, 0.2) is 0 Å². The number of nitrogens with one attached hydrogen (secondary N) is 1. The number of fused-ring (bicyclic) bond motifs is 1. The summed E-state index contributed by atoms with van der Waals surface area (Å²) in [6, 6.07) is 1.95. The molecule has 2 aromatic carbocycles. The van der Waals surface area contributed by atoms with Crippen molar-refractivity contribution in [3.8, 4) is 17.0 Å². The maximum atomic E-state index is 15.3. The molecule has 0 spiro atoms. The summed E-state index contributed by atoms with van der Waals surface area (Å²) in [5, 5.41) is 12.4. The van der Waals surface area contributed by atoms with Crippen LogP contribution >= 0.6 is 0 Å². The number of nitrogens with zero attached hydrogens (tertiary/aromatic N) is 3. The number of rotatable bonds is 7. The fourth-order valence-electron chi connectivity index (χ4n) is 5.86. The van der Waals surface area contributed by atoms with E-state index in [9.17, 15) is 32.7 Å². The molecule has 1 aromatic heterocycles. The van der Waals surface area contributed by atoms with E-state index in [0.29, 0.717) is 47.6 Å².